The molecule has 0 fully saturated rings. The average molecular weight is 315 g/mol. The molecule has 0 aliphatic rings. The molecule has 1 heterocycles. The number of hydrogen-bond acceptors (Lipinski definition) is 2. The van der Waals surface area contributed by atoms with E-state index in [1.165, 1.54) is 0 Å². The number of aromatic nitrogens is 1. The number of benzene rings is 1. The van der Waals surface area contributed by atoms with Gasteiger partial charge in [-0.2, -0.15) is 0 Å². The van der Waals surface area contributed by atoms with Gasteiger partial charge in [0.2, 0.25) is 0 Å². The highest BCUT2D eigenvalue weighted by Gasteiger charge is 2.11. The molecule has 0 aliphatic heterocycles. The summed E-state index contributed by atoms with van der Waals surface area (Å²) < 4.78 is 0. The van der Waals surface area contributed by atoms with Gasteiger partial charge in [0.25, 0.3) is 0 Å². The van der Waals surface area contributed by atoms with Gasteiger partial charge in [0.1, 0.15) is 0 Å². The van der Waals surface area contributed by atoms with Crippen LogP contribution in [0.1, 0.15) is 11.1 Å². The molecule has 88 valence electrons. The van der Waals surface area contributed by atoms with Gasteiger partial charge < -0.3 is 5.11 Å². The Labute approximate surface area is 112 Å². The van der Waals surface area contributed by atoms with Gasteiger partial charge in [-0.15, -0.1) is 0 Å². The predicted molar refractivity (Wildman–Crippen MR) is 70.7 cm³/mol. The van der Waals surface area contributed by atoms with Crippen molar-refractivity contribution in [3.8, 4) is 0 Å². The Morgan fingerprint density at radius 3 is 2.88 bits per heavy atom. The summed E-state index contributed by atoms with van der Waals surface area (Å²) in [5.74, 6) is -0.899. The zero-order valence-corrected chi connectivity index (χ0v) is 11.1. The van der Waals surface area contributed by atoms with Gasteiger partial charge in [0.15, 0.2) is 0 Å². The molecule has 3 nitrogen and oxygen atoms in total. The Morgan fingerprint density at radius 2 is 2.24 bits per heavy atom. The Morgan fingerprint density at radius 1 is 1.47 bits per heavy atom. The summed E-state index contributed by atoms with van der Waals surface area (Å²) in [6, 6.07) is 5.39. The van der Waals surface area contributed by atoms with Gasteiger partial charge in [0.05, 0.1) is 11.9 Å². The Balaban J connectivity index is 2.68. The molecule has 0 saturated heterocycles. The molecular weight excluding hydrogens is 305 g/mol. The predicted octanol–water partition coefficient (Wildman–Crippen LogP) is 3.41. The number of aliphatic carboxylic acids is 1. The van der Waals surface area contributed by atoms with Crippen molar-refractivity contribution in [1.29, 1.82) is 0 Å². The number of nitrogens with zero attached hydrogens (tertiary/aromatic N) is 1. The summed E-state index contributed by atoms with van der Waals surface area (Å²) >= 11 is 9.39. The van der Waals surface area contributed by atoms with Gasteiger partial charge >= 0.3 is 5.97 Å². The maximum absolute atomic E-state index is 10.8. The second kappa shape index (κ2) is 5.02. The molecule has 0 spiro atoms. The van der Waals surface area contributed by atoms with Crippen molar-refractivity contribution in [3.05, 3.63) is 40.5 Å². The van der Waals surface area contributed by atoms with Crippen LogP contribution in [0, 0.1) is 0 Å². The minimum Gasteiger partial charge on any atom is -0.481 e. The molecule has 2 rings (SSSR count). The van der Waals surface area contributed by atoms with Crippen molar-refractivity contribution >= 4 is 44.4 Å². The quantitative estimate of drug-likeness (QED) is 0.883. The van der Waals surface area contributed by atoms with Crippen molar-refractivity contribution in [2.24, 2.45) is 0 Å². The first-order valence-corrected chi connectivity index (χ1v) is 6.45. The highest BCUT2D eigenvalue weighted by molar-refractivity contribution is 9.08. The van der Waals surface area contributed by atoms with Crippen LogP contribution >= 0.6 is 27.5 Å². The molecule has 2 aromatic rings. The van der Waals surface area contributed by atoms with Crippen molar-refractivity contribution in [1.82, 2.24) is 4.98 Å². The topological polar surface area (TPSA) is 50.2 Å². The standard InChI is InChI=1S/C12H9BrClNO2/c13-5-7-3-9-8(4-12(16)17)10(14)1-2-11(9)15-6-7/h1-3,6H,4-5H2,(H,16,17). The molecule has 1 N–H and O–H groups in total. The first-order valence-electron chi connectivity index (χ1n) is 4.95. The van der Waals surface area contributed by atoms with E-state index in [0.717, 1.165) is 16.5 Å². The van der Waals surface area contributed by atoms with Crippen LogP contribution < -0.4 is 0 Å². The summed E-state index contributed by atoms with van der Waals surface area (Å²) in [5.41, 5.74) is 2.37. The lowest BCUT2D eigenvalue weighted by Gasteiger charge is -2.07. The number of carboxylic acid groups (broad SMARTS) is 1. The van der Waals surface area contributed by atoms with Crippen LogP contribution in [-0.2, 0) is 16.5 Å². The molecule has 0 bridgehead atoms. The van der Waals surface area contributed by atoms with E-state index < -0.39 is 5.97 Å². The van der Waals surface area contributed by atoms with E-state index in [2.05, 4.69) is 20.9 Å². The molecule has 0 aliphatic carbocycles. The zero-order chi connectivity index (χ0) is 12.4. The molecule has 0 unspecified atom stereocenters. The molecule has 17 heavy (non-hydrogen) atoms. The second-order valence-electron chi connectivity index (χ2n) is 3.64. The smallest absolute Gasteiger partial charge is 0.307 e. The number of hydrogen-bond donors (Lipinski definition) is 1. The van der Waals surface area contributed by atoms with E-state index in [1.807, 2.05) is 6.07 Å². The van der Waals surface area contributed by atoms with E-state index in [-0.39, 0.29) is 6.42 Å². The molecule has 0 amide bonds. The number of fused-ring (bicyclic) bond motifs is 1. The third-order valence-corrected chi connectivity index (χ3v) is 3.46. The molecule has 1 aromatic carbocycles. The van der Waals surface area contributed by atoms with Gasteiger partial charge in [-0.05, 0) is 29.3 Å². The SMILES string of the molecule is O=C(O)Cc1c(Cl)ccc2ncc(CBr)cc12. The first-order chi connectivity index (χ1) is 8.11. The molecular formula is C12H9BrClNO2. The van der Waals surface area contributed by atoms with Crippen LogP contribution in [0.5, 0.6) is 0 Å². The fourth-order valence-electron chi connectivity index (χ4n) is 1.68. The largest absolute Gasteiger partial charge is 0.481 e. The highest BCUT2D eigenvalue weighted by Crippen LogP contribution is 2.26. The fourth-order valence-corrected chi connectivity index (χ4v) is 2.22. The summed E-state index contributed by atoms with van der Waals surface area (Å²) in [7, 11) is 0. The minimum absolute atomic E-state index is 0.0937. The van der Waals surface area contributed by atoms with Crippen LogP contribution in [0.3, 0.4) is 0 Å². The first kappa shape index (κ1) is 12.3. The average Bonchev–Trinajstić information content (AvgIpc) is 2.32. The lowest BCUT2D eigenvalue weighted by Crippen LogP contribution is -2.02. The monoisotopic (exact) mass is 313 g/mol. The minimum atomic E-state index is -0.899. The number of halogens is 2. The maximum Gasteiger partial charge on any atom is 0.307 e. The number of rotatable bonds is 3. The van der Waals surface area contributed by atoms with E-state index in [9.17, 15) is 4.79 Å². The van der Waals surface area contributed by atoms with Crippen LogP contribution in [-0.4, -0.2) is 16.1 Å². The van der Waals surface area contributed by atoms with Gasteiger partial charge in [-0.1, -0.05) is 27.5 Å². The summed E-state index contributed by atoms with van der Waals surface area (Å²) in [6.07, 6.45) is 1.67. The van der Waals surface area contributed by atoms with Gasteiger partial charge in [0, 0.05) is 21.9 Å². The molecule has 0 atom stereocenters. The Bertz CT molecular complexity index is 586. The van der Waals surface area contributed by atoms with Gasteiger partial charge in [-0.3, -0.25) is 9.78 Å². The third-order valence-electron chi connectivity index (χ3n) is 2.46. The lowest BCUT2D eigenvalue weighted by molar-refractivity contribution is -0.136. The van der Waals surface area contributed by atoms with E-state index in [1.54, 1.807) is 18.3 Å². The third kappa shape index (κ3) is 2.58. The summed E-state index contributed by atoms with van der Waals surface area (Å²) in [5, 5.41) is 10.8. The fraction of sp³-hybridized carbons (Fsp3) is 0.167. The summed E-state index contributed by atoms with van der Waals surface area (Å²) in [4.78, 5) is 15.1. The van der Waals surface area contributed by atoms with Crippen molar-refractivity contribution < 1.29 is 9.90 Å². The van der Waals surface area contributed by atoms with Crippen LogP contribution in [0.4, 0.5) is 0 Å². The zero-order valence-electron chi connectivity index (χ0n) is 8.78. The number of pyridine rings is 1. The van der Waals surface area contributed by atoms with Gasteiger partial charge in [-0.25, -0.2) is 0 Å². The normalized spacial score (nSPS) is 10.7. The van der Waals surface area contributed by atoms with Crippen LogP contribution in [0.25, 0.3) is 10.9 Å². The van der Waals surface area contributed by atoms with Crippen LogP contribution in [0.15, 0.2) is 24.4 Å². The van der Waals surface area contributed by atoms with Crippen molar-refractivity contribution in [2.45, 2.75) is 11.8 Å². The van der Waals surface area contributed by atoms with E-state index in [4.69, 9.17) is 16.7 Å². The lowest BCUT2D eigenvalue weighted by atomic mass is 10.0. The number of carbonyl (C=O) groups is 1. The second-order valence-corrected chi connectivity index (χ2v) is 4.61. The number of alkyl halides is 1. The summed E-state index contributed by atoms with van der Waals surface area (Å²) in [6.45, 7) is 0. The molecule has 0 radical (unpaired) electrons. The molecule has 5 heteroatoms. The van der Waals surface area contributed by atoms with Crippen LogP contribution in [0.2, 0.25) is 5.02 Å². The number of carboxylic acids is 1. The highest BCUT2D eigenvalue weighted by atomic mass is 79.9. The maximum atomic E-state index is 10.8. The van der Waals surface area contributed by atoms with Crippen molar-refractivity contribution in [2.75, 3.05) is 0 Å². The Hall–Kier alpha value is -1.13. The molecule has 1 aromatic heterocycles. The Kier molecular flexibility index (Phi) is 3.64. The van der Waals surface area contributed by atoms with E-state index >= 15 is 0 Å². The van der Waals surface area contributed by atoms with Crippen molar-refractivity contribution in [3.63, 3.8) is 0 Å². The molecule has 0 saturated carbocycles. The van der Waals surface area contributed by atoms with E-state index in [0.29, 0.717) is 15.9 Å².